The van der Waals surface area contributed by atoms with Crippen LogP contribution in [0.25, 0.3) is 0 Å². The predicted molar refractivity (Wildman–Crippen MR) is 54.4 cm³/mol. The first kappa shape index (κ1) is 11.2. The number of hydrogen-bond donors (Lipinski definition) is 2. The largest absolute Gasteiger partial charge is 0.493 e. The summed E-state index contributed by atoms with van der Waals surface area (Å²) in [6.45, 7) is 0. The molecule has 0 heterocycles. The highest BCUT2D eigenvalue weighted by atomic mass is 35.5. The molecule has 4 nitrogen and oxygen atoms in total. The van der Waals surface area contributed by atoms with Gasteiger partial charge in [0.15, 0.2) is 11.5 Å². The minimum absolute atomic E-state index is 0.257. The van der Waals surface area contributed by atoms with E-state index in [1.54, 1.807) is 0 Å². The van der Waals surface area contributed by atoms with Gasteiger partial charge < -0.3 is 19.5 Å². The van der Waals surface area contributed by atoms with Crippen molar-refractivity contribution in [2.24, 2.45) is 0 Å². The van der Waals surface area contributed by atoms with Crippen LogP contribution < -0.4 is 14.9 Å². The lowest BCUT2D eigenvalue weighted by Gasteiger charge is -2.11. The van der Waals surface area contributed by atoms with Crippen LogP contribution >= 0.6 is 11.6 Å². The molecule has 0 fully saturated rings. The van der Waals surface area contributed by atoms with Crippen LogP contribution in [0, 0.1) is 0 Å². The summed E-state index contributed by atoms with van der Waals surface area (Å²) in [6, 6.07) is 2.86. The van der Waals surface area contributed by atoms with Crippen LogP contribution in [0.4, 0.5) is 0 Å². The summed E-state index contributed by atoms with van der Waals surface area (Å²) in [4.78, 5) is 0. The summed E-state index contributed by atoms with van der Waals surface area (Å²) in [7, 11) is 1.33. The molecule has 0 aliphatic carbocycles. The van der Waals surface area contributed by atoms with Crippen LogP contribution in [0.3, 0.4) is 0 Å². The fourth-order valence-electron chi connectivity index (χ4n) is 1.09. The van der Waals surface area contributed by atoms with Gasteiger partial charge in [-0.25, -0.2) is 0 Å². The molecule has 0 atom stereocenters. The van der Waals surface area contributed by atoms with Crippen molar-refractivity contribution in [3.63, 3.8) is 0 Å². The molecule has 6 heteroatoms. The Hall–Kier alpha value is -0.905. The molecule has 0 saturated heterocycles. The van der Waals surface area contributed by atoms with Crippen LogP contribution in [-0.4, -0.2) is 31.4 Å². The summed E-state index contributed by atoms with van der Waals surface area (Å²) in [5.41, 5.74) is 0.257. The van der Waals surface area contributed by atoms with Crippen LogP contribution in [0.1, 0.15) is 0 Å². The van der Waals surface area contributed by atoms with Gasteiger partial charge in [-0.2, -0.15) is 0 Å². The van der Waals surface area contributed by atoms with E-state index in [1.165, 1.54) is 26.4 Å². The third-order valence-corrected chi connectivity index (χ3v) is 2.03. The second-order valence-electron chi connectivity index (χ2n) is 2.61. The van der Waals surface area contributed by atoms with Gasteiger partial charge >= 0.3 is 7.12 Å². The Labute approximate surface area is 87.2 Å². The van der Waals surface area contributed by atoms with Crippen LogP contribution in [0.15, 0.2) is 12.1 Å². The standard InChI is InChI=1S/C8H10BClO4/c1-13-7-4-5(9(11)12)3-6(10)8(7)14-2/h3-4,11-12H,1-2H3. The minimum atomic E-state index is -1.58. The summed E-state index contributed by atoms with van der Waals surface area (Å²) >= 11 is 5.83. The number of ether oxygens (including phenoxy) is 2. The lowest BCUT2D eigenvalue weighted by molar-refractivity contribution is 0.355. The Balaban J connectivity index is 3.24. The monoisotopic (exact) mass is 216 g/mol. The number of benzene rings is 1. The van der Waals surface area contributed by atoms with Crippen LogP contribution in [0.5, 0.6) is 11.5 Å². The average Bonchev–Trinajstić information content (AvgIpc) is 2.16. The van der Waals surface area contributed by atoms with Crippen molar-refractivity contribution in [1.29, 1.82) is 0 Å². The van der Waals surface area contributed by atoms with Gasteiger partial charge in [0, 0.05) is 0 Å². The smallest absolute Gasteiger partial charge is 0.488 e. The second-order valence-corrected chi connectivity index (χ2v) is 3.02. The zero-order valence-corrected chi connectivity index (χ0v) is 8.58. The fourth-order valence-corrected chi connectivity index (χ4v) is 1.38. The Morgan fingerprint density at radius 1 is 1.21 bits per heavy atom. The van der Waals surface area contributed by atoms with Crippen molar-refractivity contribution in [2.75, 3.05) is 14.2 Å². The van der Waals surface area contributed by atoms with Gasteiger partial charge in [0.2, 0.25) is 0 Å². The van der Waals surface area contributed by atoms with E-state index in [2.05, 4.69) is 0 Å². The van der Waals surface area contributed by atoms with Crippen molar-refractivity contribution >= 4 is 24.2 Å². The third kappa shape index (κ3) is 2.12. The van der Waals surface area contributed by atoms with E-state index in [9.17, 15) is 0 Å². The van der Waals surface area contributed by atoms with Crippen molar-refractivity contribution in [3.8, 4) is 11.5 Å². The first-order valence-electron chi connectivity index (χ1n) is 3.87. The molecule has 0 unspecified atom stereocenters. The predicted octanol–water partition coefficient (Wildman–Crippen LogP) is 0.0370. The van der Waals surface area contributed by atoms with Crippen molar-refractivity contribution in [3.05, 3.63) is 17.2 Å². The summed E-state index contributed by atoms with van der Waals surface area (Å²) in [5.74, 6) is 0.738. The number of rotatable bonds is 3. The van der Waals surface area contributed by atoms with Gasteiger partial charge in [-0.05, 0) is 17.6 Å². The summed E-state index contributed by atoms with van der Waals surface area (Å²) in [5, 5.41) is 18.1. The molecule has 0 aliphatic heterocycles. The first-order chi connectivity index (χ1) is 6.60. The molecule has 0 radical (unpaired) electrons. The van der Waals surface area contributed by atoms with Crippen molar-refractivity contribution in [2.45, 2.75) is 0 Å². The molecule has 0 bridgehead atoms. The average molecular weight is 216 g/mol. The Morgan fingerprint density at radius 2 is 1.86 bits per heavy atom. The lowest BCUT2D eigenvalue weighted by atomic mass is 9.80. The van der Waals surface area contributed by atoms with E-state index in [4.69, 9.17) is 31.1 Å². The van der Waals surface area contributed by atoms with Gasteiger partial charge in [-0.3, -0.25) is 0 Å². The fraction of sp³-hybridized carbons (Fsp3) is 0.250. The second kappa shape index (κ2) is 4.55. The molecule has 0 aliphatic rings. The van der Waals surface area contributed by atoms with Crippen LogP contribution in [0.2, 0.25) is 5.02 Å². The Morgan fingerprint density at radius 3 is 2.29 bits per heavy atom. The van der Waals surface area contributed by atoms with E-state index in [0.29, 0.717) is 11.5 Å². The van der Waals surface area contributed by atoms with Gasteiger partial charge in [0.05, 0.1) is 19.2 Å². The zero-order valence-electron chi connectivity index (χ0n) is 7.82. The zero-order chi connectivity index (χ0) is 10.7. The molecular weight excluding hydrogens is 206 g/mol. The maximum absolute atomic E-state index is 8.93. The first-order valence-corrected chi connectivity index (χ1v) is 4.25. The molecule has 0 saturated carbocycles. The highest BCUT2D eigenvalue weighted by Gasteiger charge is 2.17. The van der Waals surface area contributed by atoms with E-state index < -0.39 is 7.12 Å². The van der Waals surface area contributed by atoms with E-state index in [0.717, 1.165) is 0 Å². The maximum atomic E-state index is 8.93. The van der Waals surface area contributed by atoms with Gasteiger partial charge in [0.1, 0.15) is 0 Å². The van der Waals surface area contributed by atoms with E-state index >= 15 is 0 Å². The highest BCUT2D eigenvalue weighted by molar-refractivity contribution is 6.59. The molecule has 1 aromatic carbocycles. The molecular formula is C8H10BClO4. The van der Waals surface area contributed by atoms with E-state index in [1.807, 2.05) is 0 Å². The molecule has 76 valence electrons. The third-order valence-electron chi connectivity index (χ3n) is 1.75. The molecule has 1 rings (SSSR count). The minimum Gasteiger partial charge on any atom is -0.493 e. The maximum Gasteiger partial charge on any atom is 0.488 e. The Kier molecular flexibility index (Phi) is 3.63. The highest BCUT2D eigenvalue weighted by Crippen LogP contribution is 2.33. The molecule has 1 aromatic rings. The summed E-state index contributed by atoms with van der Waals surface area (Å²) in [6.07, 6.45) is 0. The molecule has 0 amide bonds. The van der Waals surface area contributed by atoms with Gasteiger partial charge in [0.25, 0.3) is 0 Å². The molecule has 0 aromatic heterocycles. The topological polar surface area (TPSA) is 58.9 Å². The quantitative estimate of drug-likeness (QED) is 0.700. The van der Waals surface area contributed by atoms with Gasteiger partial charge in [-0.15, -0.1) is 0 Å². The van der Waals surface area contributed by atoms with Gasteiger partial charge in [-0.1, -0.05) is 11.6 Å². The van der Waals surface area contributed by atoms with Crippen molar-refractivity contribution < 1.29 is 19.5 Å². The summed E-state index contributed by atoms with van der Waals surface area (Å²) < 4.78 is 9.96. The SMILES string of the molecule is COc1cc(B(O)O)cc(Cl)c1OC. The number of hydrogen-bond acceptors (Lipinski definition) is 4. The van der Waals surface area contributed by atoms with E-state index in [-0.39, 0.29) is 10.5 Å². The molecule has 14 heavy (non-hydrogen) atoms. The molecule has 2 N–H and O–H groups in total. The van der Waals surface area contributed by atoms with Crippen LogP contribution in [-0.2, 0) is 0 Å². The normalized spacial score (nSPS) is 9.79. The Bertz CT molecular complexity index is 329. The number of methoxy groups -OCH3 is 2. The lowest BCUT2D eigenvalue weighted by Crippen LogP contribution is -2.29. The number of halogens is 1. The molecule has 0 spiro atoms. The van der Waals surface area contributed by atoms with Crippen molar-refractivity contribution in [1.82, 2.24) is 0 Å².